The Labute approximate surface area is 215 Å². The zero-order valence-corrected chi connectivity index (χ0v) is 20.7. The van der Waals surface area contributed by atoms with Gasteiger partial charge >= 0.3 is 6.09 Å². The lowest BCUT2D eigenvalue weighted by atomic mass is 9.98. The maximum Gasteiger partial charge on any atom is 0.416 e. The van der Waals surface area contributed by atoms with Crippen LogP contribution in [0.1, 0.15) is 40.2 Å². The molecule has 1 saturated heterocycles. The Kier molecular flexibility index (Phi) is 5.76. The number of aliphatic hydroxyl groups is 1. The van der Waals surface area contributed by atoms with Crippen molar-refractivity contribution in [2.45, 2.75) is 31.0 Å². The number of rotatable bonds is 4. The van der Waals surface area contributed by atoms with Gasteiger partial charge in [-0.25, -0.2) is 9.69 Å². The molecule has 3 aliphatic rings. The number of anilines is 1. The van der Waals surface area contributed by atoms with Gasteiger partial charge in [0.1, 0.15) is 6.61 Å². The van der Waals surface area contributed by atoms with Crippen LogP contribution in [0.3, 0.4) is 0 Å². The van der Waals surface area contributed by atoms with Gasteiger partial charge in [0.05, 0.1) is 31.5 Å². The van der Waals surface area contributed by atoms with Crippen molar-refractivity contribution in [3.8, 4) is 22.6 Å². The number of hydrogen-bond acceptors (Lipinski definition) is 6. The summed E-state index contributed by atoms with van der Waals surface area (Å²) in [5.41, 5.74) is 4.94. The average Bonchev–Trinajstić information content (AvgIpc) is 3.53. The fraction of sp³-hybridized carbons (Fsp3) is 0.310. The van der Waals surface area contributed by atoms with E-state index in [-0.39, 0.29) is 29.7 Å². The highest BCUT2D eigenvalue weighted by Crippen LogP contribution is 2.45. The largest absolute Gasteiger partial charge is 0.493 e. The zero-order chi connectivity index (χ0) is 25.7. The molecule has 3 aromatic rings. The van der Waals surface area contributed by atoms with Gasteiger partial charge in [-0.3, -0.25) is 4.79 Å². The first-order valence-electron chi connectivity index (χ1n) is 12.4. The predicted molar refractivity (Wildman–Crippen MR) is 137 cm³/mol. The number of fused-ring (bicyclic) bond motifs is 5. The van der Waals surface area contributed by atoms with E-state index in [0.29, 0.717) is 24.5 Å². The number of nitrogens with zero attached hydrogens (tertiary/aromatic N) is 2. The second-order valence-corrected chi connectivity index (χ2v) is 9.52. The van der Waals surface area contributed by atoms with Crippen molar-refractivity contribution < 1.29 is 28.9 Å². The van der Waals surface area contributed by atoms with Gasteiger partial charge in [0.25, 0.3) is 5.91 Å². The molecule has 0 aromatic heterocycles. The summed E-state index contributed by atoms with van der Waals surface area (Å²) in [6.07, 6.45) is -0.650. The molecule has 1 unspecified atom stereocenters. The van der Waals surface area contributed by atoms with E-state index in [4.69, 9.17) is 14.2 Å². The fourth-order valence-electron chi connectivity index (χ4n) is 5.93. The van der Waals surface area contributed by atoms with Gasteiger partial charge in [0.15, 0.2) is 17.7 Å². The monoisotopic (exact) mass is 500 g/mol. The number of amides is 2. The van der Waals surface area contributed by atoms with Crippen LogP contribution in [0.5, 0.6) is 11.5 Å². The molecule has 2 aliphatic heterocycles. The Morgan fingerprint density at radius 3 is 2.22 bits per heavy atom. The van der Waals surface area contributed by atoms with Crippen LogP contribution in [0.15, 0.2) is 60.7 Å². The summed E-state index contributed by atoms with van der Waals surface area (Å²) in [5, 5.41) is 11.4. The van der Waals surface area contributed by atoms with Crippen molar-refractivity contribution in [1.29, 1.82) is 0 Å². The zero-order valence-electron chi connectivity index (χ0n) is 20.7. The van der Waals surface area contributed by atoms with Crippen LogP contribution in [0, 0.1) is 0 Å². The van der Waals surface area contributed by atoms with Crippen LogP contribution < -0.4 is 14.4 Å². The average molecular weight is 501 g/mol. The SMILES string of the molecule is COc1cc2c(cc1OC)N(C(=O)OCC1c3ccccc3-c3ccccc31)[C@@H](O)C1CCCN1C2=O. The summed E-state index contributed by atoms with van der Waals surface area (Å²) < 4.78 is 16.8. The van der Waals surface area contributed by atoms with E-state index in [1.165, 1.54) is 19.1 Å². The Bertz CT molecular complexity index is 1340. The molecule has 1 fully saturated rings. The molecule has 37 heavy (non-hydrogen) atoms. The van der Waals surface area contributed by atoms with Crippen molar-refractivity contribution in [2.75, 3.05) is 32.3 Å². The molecule has 1 N–H and O–H groups in total. The van der Waals surface area contributed by atoms with E-state index in [9.17, 15) is 14.7 Å². The molecular weight excluding hydrogens is 472 g/mol. The van der Waals surface area contributed by atoms with Crippen molar-refractivity contribution in [3.63, 3.8) is 0 Å². The highest BCUT2D eigenvalue weighted by molar-refractivity contribution is 6.06. The lowest BCUT2D eigenvalue weighted by Crippen LogP contribution is -2.51. The smallest absolute Gasteiger partial charge is 0.416 e. The molecule has 2 amide bonds. The first kappa shape index (κ1) is 23.4. The molecule has 0 saturated carbocycles. The summed E-state index contributed by atoms with van der Waals surface area (Å²) >= 11 is 0. The van der Waals surface area contributed by atoms with E-state index >= 15 is 0 Å². The van der Waals surface area contributed by atoms with Crippen molar-refractivity contribution >= 4 is 17.7 Å². The minimum atomic E-state index is -1.26. The van der Waals surface area contributed by atoms with Gasteiger partial charge in [0.2, 0.25) is 0 Å². The predicted octanol–water partition coefficient (Wildman–Crippen LogP) is 4.40. The summed E-state index contributed by atoms with van der Waals surface area (Å²) in [6.45, 7) is 0.605. The second-order valence-electron chi connectivity index (χ2n) is 9.52. The van der Waals surface area contributed by atoms with E-state index in [0.717, 1.165) is 28.7 Å². The van der Waals surface area contributed by atoms with Crippen molar-refractivity contribution in [2.24, 2.45) is 0 Å². The molecule has 8 nitrogen and oxygen atoms in total. The highest BCUT2D eigenvalue weighted by Gasteiger charge is 2.45. The van der Waals surface area contributed by atoms with Crippen LogP contribution in [0.2, 0.25) is 0 Å². The van der Waals surface area contributed by atoms with Crippen LogP contribution in [-0.4, -0.2) is 61.6 Å². The third-order valence-corrected chi connectivity index (χ3v) is 7.69. The van der Waals surface area contributed by atoms with Gasteiger partial charge in [-0.1, -0.05) is 48.5 Å². The van der Waals surface area contributed by atoms with Crippen LogP contribution in [-0.2, 0) is 4.74 Å². The molecule has 2 atom stereocenters. The quantitative estimate of drug-likeness (QED) is 0.572. The van der Waals surface area contributed by atoms with E-state index in [1.807, 2.05) is 24.3 Å². The van der Waals surface area contributed by atoms with Crippen molar-refractivity contribution in [3.05, 3.63) is 77.4 Å². The molecule has 6 rings (SSSR count). The molecule has 190 valence electrons. The molecule has 0 spiro atoms. The Balaban J connectivity index is 1.36. The standard InChI is InChI=1S/C29H28N2O6/c1-35-25-14-21-24(15-26(25)36-2)31(28(33)23-12-7-13-30(23)27(21)32)29(34)37-16-22-19-10-5-3-8-17(19)18-9-4-6-11-20(18)22/h3-6,8-11,14-15,22-23,28,33H,7,12-13,16H2,1-2H3/t23?,28-/m0/s1. The number of carbonyl (C=O) groups is 2. The van der Waals surface area contributed by atoms with Gasteiger partial charge in [-0.2, -0.15) is 0 Å². The van der Waals surface area contributed by atoms with Gasteiger partial charge in [-0.05, 0) is 41.2 Å². The number of methoxy groups -OCH3 is 2. The topological polar surface area (TPSA) is 88.5 Å². The molecule has 0 radical (unpaired) electrons. The normalized spacial score (nSPS) is 20.0. The van der Waals surface area contributed by atoms with E-state index in [1.54, 1.807) is 17.0 Å². The summed E-state index contributed by atoms with van der Waals surface area (Å²) in [6, 6.07) is 18.8. The lowest BCUT2D eigenvalue weighted by molar-refractivity contribution is 0.0488. The Hall–Kier alpha value is -4.04. The Morgan fingerprint density at radius 1 is 0.946 bits per heavy atom. The number of benzene rings is 3. The van der Waals surface area contributed by atoms with Crippen LogP contribution in [0.4, 0.5) is 10.5 Å². The highest BCUT2D eigenvalue weighted by atomic mass is 16.6. The maximum absolute atomic E-state index is 13.7. The molecule has 8 heteroatoms. The molecule has 3 aromatic carbocycles. The number of carbonyl (C=O) groups excluding carboxylic acids is 2. The van der Waals surface area contributed by atoms with E-state index in [2.05, 4.69) is 24.3 Å². The summed E-state index contributed by atoms with van der Waals surface area (Å²) in [5.74, 6) is 0.329. The summed E-state index contributed by atoms with van der Waals surface area (Å²) in [4.78, 5) is 30.0. The summed E-state index contributed by atoms with van der Waals surface area (Å²) in [7, 11) is 2.97. The third-order valence-electron chi connectivity index (χ3n) is 7.69. The third kappa shape index (κ3) is 3.62. The minimum absolute atomic E-state index is 0.0982. The van der Waals surface area contributed by atoms with E-state index < -0.39 is 18.4 Å². The van der Waals surface area contributed by atoms with Crippen molar-refractivity contribution in [1.82, 2.24) is 4.90 Å². The second kappa shape index (κ2) is 9.12. The van der Waals surface area contributed by atoms with Crippen LogP contribution >= 0.6 is 0 Å². The number of ether oxygens (including phenoxy) is 3. The maximum atomic E-state index is 13.7. The fourth-order valence-corrected chi connectivity index (χ4v) is 5.93. The Morgan fingerprint density at radius 2 is 1.57 bits per heavy atom. The van der Waals surface area contributed by atoms with Gasteiger partial charge in [0, 0.05) is 18.5 Å². The van der Waals surface area contributed by atoms with Gasteiger partial charge < -0.3 is 24.2 Å². The molecule has 2 heterocycles. The molecular formula is C29H28N2O6. The lowest BCUT2D eigenvalue weighted by Gasteiger charge is -2.32. The minimum Gasteiger partial charge on any atom is -0.493 e. The van der Waals surface area contributed by atoms with Gasteiger partial charge in [-0.15, -0.1) is 0 Å². The first-order valence-corrected chi connectivity index (χ1v) is 12.4. The molecule has 1 aliphatic carbocycles. The number of aliphatic hydroxyl groups excluding tert-OH is 1. The molecule has 0 bridgehead atoms. The first-order chi connectivity index (χ1) is 18.0. The van der Waals surface area contributed by atoms with Crippen LogP contribution in [0.25, 0.3) is 11.1 Å². The number of hydrogen-bond donors (Lipinski definition) is 1.